The fourth-order valence-corrected chi connectivity index (χ4v) is 3.41. The molecule has 2 rings (SSSR count). The van der Waals surface area contributed by atoms with Gasteiger partial charge in [-0.3, -0.25) is 4.90 Å². The number of hydrogen-bond donors (Lipinski definition) is 1. The minimum absolute atomic E-state index is 0.350. The third-order valence-corrected chi connectivity index (χ3v) is 4.66. The highest BCUT2D eigenvalue weighted by Gasteiger charge is 2.26. The summed E-state index contributed by atoms with van der Waals surface area (Å²) >= 11 is 0. The Morgan fingerprint density at radius 1 is 1.00 bits per heavy atom. The summed E-state index contributed by atoms with van der Waals surface area (Å²) in [6.45, 7) is 9.08. The summed E-state index contributed by atoms with van der Waals surface area (Å²) in [7, 11) is 2.25. The average Bonchev–Trinajstić information content (AvgIpc) is 2.44. The highest BCUT2D eigenvalue weighted by molar-refractivity contribution is 4.83. The Kier molecular flexibility index (Phi) is 6.57. The van der Waals surface area contributed by atoms with Crippen molar-refractivity contribution in [3.63, 3.8) is 0 Å². The van der Waals surface area contributed by atoms with Crippen molar-refractivity contribution in [2.75, 3.05) is 59.5 Å². The van der Waals surface area contributed by atoms with Gasteiger partial charge in [0.25, 0.3) is 0 Å². The number of hydrogen-bond acceptors (Lipinski definition) is 4. The van der Waals surface area contributed by atoms with E-state index in [1.165, 1.54) is 71.5 Å². The standard InChI is InChI=1S/C15H31N3O/c1-16-7-5-6-15(14-16)18-11-9-17(10-12-18)8-3-2-4-13-19/h15,19H,2-14H2,1H3. The summed E-state index contributed by atoms with van der Waals surface area (Å²) in [4.78, 5) is 7.79. The number of likely N-dealkylation sites (tertiary alicyclic amines) is 1. The number of unbranched alkanes of at least 4 members (excludes halogenated alkanes) is 2. The van der Waals surface area contributed by atoms with Crippen molar-refractivity contribution in [2.24, 2.45) is 0 Å². The van der Waals surface area contributed by atoms with Crippen molar-refractivity contribution < 1.29 is 5.11 Å². The molecule has 19 heavy (non-hydrogen) atoms. The maximum absolute atomic E-state index is 8.78. The van der Waals surface area contributed by atoms with E-state index >= 15 is 0 Å². The van der Waals surface area contributed by atoms with Gasteiger partial charge in [-0.2, -0.15) is 0 Å². The van der Waals surface area contributed by atoms with Gasteiger partial charge in [0.05, 0.1) is 0 Å². The molecular weight excluding hydrogens is 238 g/mol. The van der Waals surface area contributed by atoms with Crippen molar-refractivity contribution in [3.8, 4) is 0 Å². The van der Waals surface area contributed by atoms with Crippen LogP contribution in [-0.4, -0.2) is 85.3 Å². The lowest BCUT2D eigenvalue weighted by Crippen LogP contribution is -2.54. The van der Waals surface area contributed by atoms with E-state index in [-0.39, 0.29) is 0 Å². The highest BCUT2D eigenvalue weighted by Crippen LogP contribution is 2.16. The molecule has 112 valence electrons. The van der Waals surface area contributed by atoms with E-state index in [1.54, 1.807) is 0 Å². The Balaban J connectivity index is 1.62. The molecule has 1 unspecified atom stereocenters. The van der Waals surface area contributed by atoms with Crippen LogP contribution in [0.4, 0.5) is 0 Å². The normalized spacial score (nSPS) is 27.8. The van der Waals surface area contributed by atoms with Crippen LogP contribution in [0.15, 0.2) is 0 Å². The molecule has 2 aliphatic heterocycles. The number of piperazine rings is 1. The largest absolute Gasteiger partial charge is 0.396 e. The molecule has 0 bridgehead atoms. The first kappa shape index (κ1) is 15.2. The molecule has 0 aromatic carbocycles. The van der Waals surface area contributed by atoms with E-state index in [9.17, 15) is 0 Å². The molecular formula is C15H31N3O. The van der Waals surface area contributed by atoms with Gasteiger partial charge < -0.3 is 14.9 Å². The first-order valence-corrected chi connectivity index (χ1v) is 8.05. The molecule has 2 fully saturated rings. The number of aliphatic hydroxyl groups is 1. The highest BCUT2D eigenvalue weighted by atomic mass is 16.2. The van der Waals surface area contributed by atoms with Gasteiger partial charge in [-0.25, -0.2) is 0 Å². The minimum Gasteiger partial charge on any atom is -0.396 e. The maximum atomic E-state index is 8.78. The Bertz CT molecular complexity index is 242. The zero-order valence-electron chi connectivity index (χ0n) is 12.6. The lowest BCUT2D eigenvalue weighted by molar-refractivity contribution is 0.0588. The van der Waals surface area contributed by atoms with Crippen LogP contribution in [-0.2, 0) is 0 Å². The average molecular weight is 269 g/mol. The van der Waals surface area contributed by atoms with E-state index in [2.05, 4.69) is 21.7 Å². The molecule has 4 nitrogen and oxygen atoms in total. The summed E-state index contributed by atoms with van der Waals surface area (Å²) in [5, 5.41) is 8.78. The number of piperidine rings is 1. The van der Waals surface area contributed by atoms with Gasteiger partial charge in [0.1, 0.15) is 0 Å². The van der Waals surface area contributed by atoms with Crippen LogP contribution < -0.4 is 0 Å². The van der Waals surface area contributed by atoms with Crippen LogP contribution in [0.2, 0.25) is 0 Å². The lowest BCUT2D eigenvalue weighted by atomic mass is 10.0. The van der Waals surface area contributed by atoms with Crippen LogP contribution in [0.1, 0.15) is 32.1 Å². The molecule has 1 N–H and O–H groups in total. The van der Waals surface area contributed by atoms with E-state index < -0.39 is 0 Å². The third kappa shape index (κ3) is 5.03. The van der Waals surface area contributed by atoms with Gasteiger partial charge in [0, 0.05) is 45.4 Å². The second kappa shape index (κ2) is 8.20. The van der Waals surface area contributed by atoms with Gasteiger partial charge in [0.2, 0.25) is 0 Å². The zero-order valence-corrected chi connectivity index (χ0v) is 12.6. The van der Waals surface area contributed by atoms with Crippen molar-refractivity contribution >= 4 is 0 Å². The van der Waals surface area contributed by atoms with Gasteiger partial charge >= 0.3 is 0 Å². The molecule has 2 aliphatic rings. The fraction of sp³-hybridized carbons (Fsp3) is 1.00. The molecule has 0 aliphatic carbocycles. The molecule has 0 saturated carbocycles. The van der Waals surface area contributed by atoms with Gasteiger partial charge in [-0.1, -0.05) is 0 Å². The zero-order chi connectivity index (χ0) is 13.5. The molecule has 0 aromatic rings. The fourth-order valence-electron chi connectivity index (χ4n) is 3.41. The van der Waals surface area contributed by atoms with E-state index in [0.717, 1.165) is 12.5 Å². The van der Waals surface area contributed by atoms with Crippen molar-refractivity contribution in [2.45, 2.75) is 38.1 Å². The predicted octanol–water partition coefficient (Wildman–Crippen LogP) is 0.861. The van der Waals surface area contributed by atoms with Crippen LogP contribution in [0.5, 0.6) is 0 Å². The van der Waals surface area contributed by atoms with E-state index in [0.29, 0.717) is 6.61 Å². The van der Waals surface area contributed by atoms with Gasteiger partial charge in [-0.15, -0.1) is 0 Å². The molecule has 0 aromatic heterocycles. The number of nitrogens with zero attached hydrogens (tertiary/aromatic N) is 3. The van der Waals surface area contributed by atoms with Crippen molar-refractivity contribution in [3.05, 3.63) is 0 Å². The number of likely N-dealkylation sites (N-methyl/N-ethyl adjacent to an activating group) is 1. The van der Waals surface area contributed by atoms with Crippen molar-refractivity contribution in [1.82, 2.24) is 14.7 Å². The van der Waals surface area contributed by atoms with Crippen molar-refractivity contribution in [1.29, 1.82) is 0 Å². The molecule has 4 heteroatoms. The van der Waals surface area contributed by atoms with Gasteiger partial charge in [0.15, 0.2) is 0 Å². The second-order valence-corrected chi connectivity index (χ2v) is 6.22. The SMILES string of the molecule is CN1CCCC(N2CCN(CCCCCO)CC2)C1. The lowest BCUT2D eigenvalue weighted by Gasteiger charge is -2.42. The molecule has 1 atom stereocenters. The van der Waals surface area contributed by atoms with E-state index in [1.807, 2.05) is 0 Å². The Labute approximate surface area is 118 Å². The summed E-state index contributed by atoms with van der Waals surface area (Å²) in [5.41, 5.74) is 0. The molecule has 0 spiro atoms. The Hall–Kier alpha value is -0.160. The third-order valence-electron chi connectivity index (χ3n) is 4.66. The molecule has 2 saturated heterocycles. The Morgan fingerprint density at radius 2 is 1.79 bits per heavy atom. The monoisotopic (exact) mass is 269 g/mol. The predicted molar refractivity (Wildman–Crippen MR) is 79.5 cm³/mol. The Morgan fingerprint density at radius 3 is 2.47 bits per heavy atom. The number of rotatable bonds is 6. The van der Waals surface area contributed by atoms with Gasteiger partial charge in [-0.05, 0) is 52.2 Å². The topological polar surface area (TPSA) is 30.0 Å². The molecule has 0 amide bonds. The maximum Gasteiger partial charge on any atom is 0.0431 e. The van der Waals surface area contributed by atoms with Crippen LogP contribution >= 0.6 is 0 Å². The summed E-state index contributed by atoms with van der Waals surface area (Å²) < 4.78 is 0. The quantitative estimate of drug-likeness (QED) is 0.725. The summed E-state index contributed by atoms with van der Waals surface area (Å²) in [6.07, 6.45) is 6.13. The van der Waals surface area contributed by atoms with Crippen LogP contribution in [0.3, 0.4) is 0 Å². The second-order valence-electron chi connectivity index (χ2n) is 6.22. The minimum atomic E-state index is 0.350. The molecule has 0 radical (unpaired) electrons. The first-order chi connectivity index (χ1) is 9.29. The molecule has 2 heterocycles. The first-order valence-electron chi connectivity index (χ1n) is 8.05. The van der Waals surface area contributed by atoms with Crippen LogP contribution in [0, 0.1) is 0 Å². The van der Waals surface area contributed by atoms with E-state index in [4.69, 9.17) is 5.11 Å². The van der Waals surface area contributed by atoms with Crippen LogP contribution in [0.25, 0.3) is 0 Å². The summed E-state index contributed by atoms with van der Waals surface area (Å²) in [6, 6.07) is 0.801. The smallest absolute Gasteiger partial charge is 0.0431 e. The number of aliphatic hydroxyl groups excluding tert-OH is 1. The summed E-state index contributed by atoms with van der Waals surface area (Å²) in [5.74, 6) is 0.